The standard InChI is InChI=1S/C23H26N2O3/c1-14(2)18-10-8-11-19(13-18)22-21(16(4)25-28-22)24-23(26)27-17(5)20-12-7-6-9-15(20)3/h6-14,17H,1-5H3,(H,24,26). The van der Waals surface area contributed by atoms with Gasteiger partial charge in [0, 0.05) is 5.56 Å². The molecule has 0 bridgehead atoms. The molecule has 0 saturated carbocycles. The zero-order valence-corrected chi connectivity index (χ0v) is 16.9. The number of hydrogen-bond donors (Lipinski definition) is 1. The molecule has 3 aromatic rings. The quantitative estimate of drug-likeness (QED) is 0.558. The minimum atomic E-state index is -0.539. The van der Waals surface area contributed by atoms with Crippen LogP contribution >= 0.6 is 0 Å². The summed E-state index contributed by atoms with van der Waals surface area (Å²) >= 11 is 0. The number of benzene rings is 2. The molecule has 5 nitrogen and oxygen atoms in total. The number of ether oxygens (including phenoxy) is 1. The Bertz CT molecular complexity index is 975. The van der Waals surface area contributed by atoms with Crippen molar-refractivity contribution in [3.8, 4) is 11.3 Å². The fourth-order valence-electron chi connectivity index (χ4n) is 3.15. The zero-order valence-electron chi connectivity index (χ0n) is 16.9. The highest BCUT2D eigenvalue weighted by molar-refractivity contribution is 5.90. The van der Waals surface area contributed by atoms with E-state index in [9.17, 15) is 4.79 Å². The second-order valence-corrected chi connectivity index (χ2v) is 7.28. The van der Waals surface area contributed by atoms with Gasteiger partial charge in [0.05, 0.1) is 0 Å². The number of hydrogen-bond acceptors (Lipinski definition) is 4. The van der Waals surface area contributed by atoms with Gasteiger partial charge in [0.1, 0.15) is 17.5 Å². The molecule has 1 N–H and O–H groups in total. The third kappa shape index (κ3) is 4.25. The van der Waals surface area contributed by atoms with Crippen LogP contribution in [0.1, 0.15) is 55.2 Å². The number of nitrogens with zero attached hydrogens (tertiary/aromatic N) is 1. The first kappa shape index (κ1) is 19.7. The summed E-state index contributed by atoms with van der Waals surface area (Å²) in [6.07, 6.45) is -0.905. The van der Waals surface area contributed by atoms with Crippen molar-refractivity contribution in [1.29, 1.82) is 0 Å². The minimum Gasteiger partial charge on any atom is -0.441 e. The van der Waals surface area contributed by atoms with Crippen LogP contribution < -0.4 is 5.32 Å². The van der Waals surface area contributed by atoms with Crippen LogP contribution in [0.5, 0.6) is 0 Å². The molecule has 28 heavy (non-hydrogen) atoms. The molecule has 2 aromatic carbocycles. The van der Waals surface area contributed by atoms with Gasteiger partial charge in [0.2, 0.25) is 0 Å². The molecular weight excluding hydrogens is 352 g/mol. The molecule has 0 saturated heterocycles. The summed E-state index contributed by atoms with van der Waals surface area (Å²) in [6.45, 7) is 9.91. The predicted octanol–water partition coefficient (Wildman–Crippen LogP) is 6.39. The molecule has 3 rings (SSSR count). The van der Waals surface area contributed by atoms with Crippen LogP contribution in [-0.4, -0.2) is 11.2 Å². The summed E-state index contributed by atoms with van der Waals surface area (Å²) in [4.78, 5) is 12.5. The Morgan fingerprint density at radius 2 is 1.82 bits per heavy atom. The molecule has 1 atom stereocenters. The van der Waals surface area contributed by atoms with Crippen molar-refractivity contribution < 1.29 is 14.1 Å². The van der Waals surface area contributed by atoms with Crippen molar-refractivity contribution in [1.82, 2.24) is 5.16 Å². The first-order chi connectivity index (χ1) is 13.4. The molecule has 0 aliphatic rings. The predicted molar refractivity (Wildman–Crippen MR) is 110 cm³/mol. The van der Waals surface area contributed by atoms with Gasteiger partial charge in [-0.15, -0.1) is 0 Å². The van der Waals surface area contributed by atoms with E-state index in [1.54, 1.807) is 6.92 Å². The molecule has 5 heteroatoms. The highest BCUT2D eigenvalue weighted by Gasteiger charge is 2.20. The smallest absolute Gasteiger partial charge is 0.412 e. The van der Waals surface area contributed by atoms with E-state index in [1.807, 2.05) is 50.2 Å². The van der Waals surface area contributed by atoms with Crippen LogP contribution in [0.15, 0.2) is 53.1 Å². The van der Waals surface area contributed by atoms with Crippen LogP contribution in [0.25, 0.3) is 11.3 Å². The average molecular weight is 378 g/mol. The third-order valence-corrected chi connectivity index (χ3v) is 4.82. The largest absolute Gasteiger partial charge is 0.441 e. The molecule has 146 valence electrons. The van der Waals surface area contributed by atoms with E-state index in [0.717, 1.165) is 16.7 Å². The van der Waals surface area contributed by atoms with Crippen molar-refractivity contribution >= 4 is 11.8 Å². The number of rotatable bonds is 5. The van der Waals surface area contributed by atoms with E-state index in [4.69, 9.17) is 9.26 Å². The van der Waals surface area contributed by atoms with E-state index in [-0.39, 0.29) is 6.10 Å². The Morgan fingerprint density at radius 1 is 1.07 bits per heavy atom. The van der Waals surface area contributed by atoms with Gasteiger partial charge >= 0.3 is 6.09 Å². The van der Waals surface area contributed by atoms with E-state index in [2.05, 4.69) is 36.5 Å². The lowest BCUT2D eigenvalue weighted by Crippen LogP contribution is -2.17. The molecule has 0 aliphatic carbocycles. The summed E-state index contributed by atoms with van der Waals surface area (Å²) < 4.78 is 11.1. The third-order valence-electron chi connectivity index (χ3n) is 4.82. The normalized spacial score (nSPS) is 12.1. The first-order valence-corrected chi connectivity index (χ1v) is 9.46. The number of anilines is 1. The summed E-state index contributed by atoms with van der Waals surface area (Å²) in [6, 6.07) is 15.9. The number of carbonyl (C=O) groups excluding carboxylic acids is 1. The highest BCUT2D eigenvalue weighted by atomic mass is 16.6. The van der Waals surface area contributed by atoms with Gasteiger partial charge in [-0.25, -0.2) is 4.79 Å². The first-order valence-electron chi connectivity index (χ1n) is 9.46. The number of nitrogens with one attached hydrogen (secondary N) is 1. The molecule has 1 heterocycles. The minimum absolute atomic E-state index is 0.367. The Labute approximate surface area is 165 Å². The average Bonchev–Trinajstić information content (AvgIpc) is 3.02. The summed E-state index contributed by atoms with van der Waals surface area (Å²) in [5.74, 6) is 0.917. The molecule has 1 aromatic heterocycles. The number of aromatic nitrogens is 1. The molecule has 0 aliphatic heterocycles. The van der Waals surface area contributed by atoms with Crippen molar-refractivity contribution in [2.24, 2.45) is 0 Å². The second-order valence-electron chi connectivity index (χ2n) is 7.28. The number of carbonyl (C=O) groups is 1. The lowest BCUT2D eigenvalue weighted by Gasteiger charge is -2.16. The van der Waals surface area contributed by atoms with Gasteiger partial charge in [-0.05, 0) is 49.4 Å². The summed E-state index contributed by atoms with van der Waals surface area (Å²) in [5.41, 5.74) is 5.25. The topological polar surface area (TPSA) is 64.4 Å². The van der Waals surface area contributed by atoms with Crippen LogP contribution in [-0.2, 0) is 4.74 Å². The maximum absolute atomic E-state index is 12.5. The fourth-order valence-corrected chi connectivity index (χ4v) is 3.15. The van der Waals surface area contributed by atoms with Crippen LogP contribution in [0.3, 0.4) is 0 Å². The van der Waals surface area contributed by atoms with E-state index < -0.39 is 6.09 Å². The molecule has 0 spiro atoms. The molecule has 0 radical (unpaired) electrons. The maximum atomic E-state index is 12.5. The number of amides is 1. The Hall–Kier alpha value is -3.08. The lowest BCUT2D eigenvalue weighted by atomic mass is 9.99. The fraction of sp³-hybridized carbons (Fsp3) is 0.304. The van der Waals surface area contributed by atoms with Crippen LogP contribution in [0.2, 0.25) is 0 Å². The Balaban J connectivity index is 1.80. The molecule has 1 unspecified atom stereocenters. The van der Waals surface area contributed by atoms with Gasteiger partial charge in [-0.2, -0.15) is 0 Å². The van der Waals surface area contributed by atoms with Crippen molar-refractivity contribution in [2.75, 3.05) is 5.32 Å². The zero-order chi connectivity index (χ0) is 20.3. The van der Waals surface area contributed by atoms with Gasteiger partial charge in [-0.1, -0.05) is 61.5 Å². The monoisotopic (exact) mass is 378 g/mol. The molecule has 1 amide bonds. The van der Waals surface area contributed by atoms with E-state index in [0.29, 0.717) is 23.1 Å². The Kier molecular flexibility index (Phi) is 5.83. The highest BCUT2D eigenvalue weighted by Crippen LogP contribution is 2.33. The lowest BCUT2D eigenvalue weighted by molar-refractivity contribution is 0.121. The van der Waals surface area contributed by atoms with Crippen LogP contribution in [0, 0.1) is 13.8 Å². The molecule has 0 fully saturated rings. The van der Waals surface area contributed by atoms with Gasteiger partial charge < -0.3 is 9.26 Å². The molecular formula is C23H26N2O3. The van der Waals surface area contributed by atoms with Crippen molar-refractivity contribution in [2.45, 2.75) is 46.6 Å². The van der Waals surface area contributed by atoms with E-state index in [1.165, 1.54) is 5.56 Å². The van der Waals surface area contributed by atoms with Gasteiger partial charge in [0.15, 0.2) is 5.76 Å². The van der Waals surface area contributed by atoms with E-state index >= 15 is 0 Å². The maximum Gasteiger partial charge on any atom is 0.412 e. The number of aryl methyl sites for hydroxylation is 2. The second kappa shape index (κ2) is 8.30. The SMILES string of the molecule is Cc1ccccc1C(C)OC(=O)Nc1c(C)noc1-c1cccc(C(C)C)c1. The van der Waals surface area contributed by atoms with Gasteiger partial charge in [-0.3, -0.25) is 5.32 Å². The van der Waals surface area contributed by atoms with Crippen molar-refractivity contribution in [3.05, 3.63) is 70.9 Å². The van der Waals surface area contributed by atoms with Crippen molar-refractivity contribution in [3.63, 3.8) is 0 Å². The van der Waals surface area contributed by atoms with Gasteiger partial charge in [0.25, 0.3) is 0 Å². The summed E-state index contributed by atoms with van der Waals surface area (Å²) in [5, 5.41) is 6.84. The van der Waals surface area contributed by atoms with Crippen LogP contribution in [0.4, 0.5) is 10.5 Å². The summed E-state index contributed by atoms with van der Waals surface area (Å²) in [7, 11) is 0. The Morgan fingerprint density at radius 3 is 2.54 bits per heavy atom.